The fourth-order valence-electron chi connectivity index (χ4n) is 3.21. The Morgan fingerprint density at radius 2 is 1.90 bits per heavy atom. The summed E-state index contributed by atoms with van der Waals surface area (Å²) in [7, 11) is 1.59. The number of benzene rings is 1. The Morgan fingerprint density at radius 3 is 2.53 bits per heavy atom. The molecule has 0 spiro atoms. The number of fused-ring (bicyclic) bond motifs is 1. The molecule has 1 amide bonds. The van der Waals surface area contributed by atoms with E-state index >= 15 is 0 Å². The summed E-state index contributed by atoms with van der Waals surface area (Å²) >= 11 is 6.25. The standard InChI is InChI=1S/C22H25ClN4O2.ClH/c1-6-27(7-2)22(28)16-12-24-21-15(9-8-14(4)25-21)20(16)26-18-10-13(3)17(23)11-19(18)29-5;/h8-12H,6-7H2,1-5H3,(H,24,25,26);1H. The zero-order valence-electron chi connectivity index (χ0n) is 17.7. The number of nitrogens with zero attached hydrogens (tertiary/aromatic N) is 3. The molecule has 0 aliphatic carbocycles. The molecule has 0 aliphatic rings. The van der Waals surface area contributed by atoms with Crippen molar-refractivity contribution in [2.75, 3.05) is 25.5 Å². The van der Waals surface area contributed by atoms with Gasteiger partial charge in [0.15, 0.2) is 5.65 Å². The van der Waals surface area contributed by atoms with E-state index in [1.165, 1.54) is 0 Å². The van der Waals surface area contributed by atoms with Gasteiger partial charge in [-0.3, -0.25) is 4.79 Å². The zero-order valence-corrected chi connectivity index (χ0v) is 19.3. The molecule has 0 fully saturated rings. The van der Waals surface area contributed by atoms with Crippen LogP contribution in [0.15, 0.2) is 30.5 Å². The molecule has 160 valence electrons. The van der Waals surface area contributed by atoms with Crippen LogP contribution in [-0.2, 0) is 0 Å². The van der Waals surface area contributed by atoms with Crippen molar-refractivity contribution in [3.63, 3.8) is 0 Å². The van der Waals surface area contributed by atoms with Crippen LogP contribution in [0.4, 0.5) is 11.4 Å². The lowest BCUT2D eigenvalue weighted by Crippen LogP contribution is -2.31. The molecule has 0 atom stereocenters. The number of rotatable bonds is 6. The molecule has 30 heavy (non-hydrogen) atoms. The minimum absolute atomic E-state index is 0. The van der Waals surface area contributed by atoms with Crippen LogP contribution in [0.25, 0.3) is 11.0 Å². The maximum absolute atomic E-state index is 13.2. The zero-order chi connectivity index (χ0) is 21.1. The Kier molecular flexibility index (Phi) is 7.87. The number of carbonyl (C=O) groups is 1. The number of hydrogen-bond donors (Lipinski definition) is 1. The first-order chi connectivity index (χ1) is 13.9. The summed E-state index contributed by atoms with van der Waals surface area (Å²) in [5.41, 5.74) is 4.20. The second kappa shape index (κ2) is 9.96. The summed E-state index contributed by atoms with van der Waals surface area (Å²) in [6.07, 6.45) is 1.59. The summed E-state index contributed by atoms with van der Waals surface area (Å²) in [5.74, 6) is 0.504. The van der Waals surface area contributed by atoms with E-state index in [1.807, 2.05) is 45.9 Å². The van der Waals surface area contributed by atoms with Crippen molar-refractivity contribution < 1.29 is 9.53 Å². The molecular formula is C22H26Cl2N4O2. The van der Waals surface area contributed by atoms with E-state index in [1.54, 1.807) is 24.3 Å². The fraction of sp³-hybridized carbons (Fsp3) is 0.318. The van der Waals surface area contributed by atoms with Gasteiger partial charge in [0.05, 0.1) is 24.0 Å². The third kappa shape index (κ3) is 4.60. The lowest BCUT2D eigenvalue weighted by atomic mass is 10.1. The molecule has 8 heteroatoms. The number of methoxy groups -OCH3 is 1. The number of amides is 1. The highest BCUT2D eigenvalue weighted by atomic mass is 35.5. The van der Waals surface area contributed by atoms with Crippen molar-refractivity contribution in [3.8, 4) is 5.75 Å². The number of aryl methyl sites for hydroxylation is 2. The monoisotopic (exact) mass is 448 g/mol. The van der Waals surface area contributed by atoms with Gasteiger partial charge in [-0.15, -0.1) is 12.4 Å². The van der Waals surface area contributed by atoms with Crippen LogP contribution in [0, 0.1) is 13.8 Å². The topological polar surface area (TPSA) is 67.4 Å². The molecule has 2 heterocycles. The van der Waals surface area contributed by atoms with Crippen LogP contribution < -0.4 is 10.1 Å². The number of aromatic nitrogens is 2. The molecule has 0 saturated heterocycles. The third-order valence-corrected chi connectivity index (χ3v) is 5.30. The Balaban J connectivity index is 0.00000320. The van der Waals surface area contributed by atoms with Crippen molar-refractivity contribution in [3.05, 3.63) is 52.3 Å². The predicted octanol–water partition coefficient (Wildman–Crippen LogP) is 5.56. The first kappa shape index (κ1) is 23.7. The molecule has 0 aliphatic heterocycles. The molecule has 0 saturated carbocycles. The van der Waals surface area contributed by atoms with Gasteiger partial charge in [-0.25, -0.2) is 9.97 Å². The maximum Gasteiger partial charge on any atom is 0.257 e. The van der Waals surface area contributed by atoms with E-state index in [4.69, 9.17) is 16.3 Å². The smallest absolute Gasteiger partial charge is 0.257 e. The van der Waals surface area contributed by atoms with Crippen LogP contribution in [0.1, 0.15) is 35.5 Å². The molecule has 6 nitrogen and oxygen atoms in total. The molecule has 1 N–H and O–H groups in total. The number of hydrogen-bond acceptors (Lipinski definition) is 5. The average molecular weight is 449 g/mol. The first-order valence-corrected chi connectivity index (χ1v) is 9.94. The lowest BCUT2D eigenvalue weighted by Gasteiger charge is -2.22. The Hall–Kier alpha value is -2.57. The Bertz CT molecular complexity index is 1070. The number of carbonyl (C=O) groups excluding carboxylic acids is 1. The lowest BCUT2D eigenvalue weighted by molar-refractivity contribution is 0.0773. The van der Waals surface area contributed by atoms with Gasteiger partial charge in [-0.2, -0.15) is 0 Å². The number of ether oxygens (including phenoxy) is 1. The predicted molar refractivity (Wildman–Crippen MR) is 125 cm³/mol. The van der Waals surface area contributed by atoms with Crippen molar-refractivity contribution in [2.45, 2.75) is 27.7 Å². The normalized spacial score (nSPS) is 10.5. The first-order valence-electron chi connectivity index (χ1n) is 9.56. The Morgan fingerprint density at radius 1 is 1.20 bits per heavy atom. The van der Waals surface area contributed by atoms with E-state index in [9.17, 15) is 4.79 Å². The van der Waals surface area contributed by atoms with Gasteiger partial charge >= 0.3 is 0 Å². The quantitative estimate of drug-likeness (QED) is 0.534. The van der Waals surface area contributed by atoms with E-state index in [2.05, 4.69) is 15.3 Å². The SMILES string of the molecule is CCN(CC)C(=O)c1cnc2nc(C)ccc2c1Nc1cc(C)c(Cl)cc1OC.Cl. The van der Waals surface area contributed by atoms with Gasteiger partial charge in [0.1, 0.15) is 5.75 Å². The largest absolute Gasteiger partial charge is 0.495 e. The van der Waals surface area contributed by atoms with Crippen molar-refractivity contribution in [2.24, 2.45) is 0 Å². The second-order valence-electron chi connectivity index (χ2n) is 6.77. The molecule has 1 aromatic carbocycles. The Labute approximate surface area is 188 Å². The molecule has 2 aromatic heterocycles. The van der Waals surface area contributed by atoms with Crippen LogP contribution in [0.5, 0.6) is 5.75 Å². The summed E-state index contributed by atoms with van der Waals surface area (Å²) in [5, 5.41) is 4.78. The second-order valence-corrected chi connectivity index (χ2v) is 7.18. The highest BCUT2D eigenvalue weighted by Crippen LogP contribution is 2.36. The van der Waals surface area contributed by atoms with Crippen LogP contribution in [-0.4, -0.2) is 41.0 Å². The third-order valence-electron chi connectivity index (χ3n) is 4.89. The molecule has 0 unspecified atom stereocenters. The molecule has 0 radical (unpaired) electrons. The van der Waals surface area contributed by atoms with Crippen LogP contribution in [0.2, 0.25) is 5.02 Å². The number of pyridine rings is 2. The highest BCUT2D eigenvalue weighted by Gasteiger charge is 2.21. The van der Waals surface area contributed by atoms with Gasteiger partial charge in [-0.05, 0) is 51.5 Å². The maximum atomic E-state index is 13.2. The minimum atomic E-state index is -0.0860. The van der Waals surface area contributed by atoms with Crippen molar-refractivity contribution in [1.29, 1.82) is 0 Å². The summed E-state index contributed by atoms with van der Waals surface area (Å²) in [6.45, 7) is 8.98. The van der Waals surface area contributed by atoms with Crippen molar-refractivity contribution in [1.82, 2.24) is 14.9 Å². The molecular weight excluding hydrogens is 423 g/mol. The molecule has 3 rings (SSSR count). The number of nitrogens with one attached hydrogen (secondary N) is 1. The van der Waals surface area contributed by atoms with E-state index in [-0.39, 0.29) is 18.3 Å². The molecule has 0 bridgehead atoms. The van der Waals surface area contributed by atoms with Crippen molar-refractivity contribution >= 4 is 52.3 Å². The van der Waals surface area contributed by atoms with Crippen LogP contribution in [0.3, 0.4) is 0 Å². The average Bonchev–Trinajstić information content (AvgIpc) is 2.71. The summed E-state index contributed by atoms with van der Waals surface area (Å²) < 4.78 is 5.50. The number of halogens is 2. The van der Waals surface area contributed by atoms with Gasteiger partial charge in [0, 0.05) is 41.5 Å². The molecule has 3 aromatic rings. The minimum Gasteiger partial charge on any atom is -0.495 e. The van der Waals surface area contributed by atoms with E-state index in [0.29, 0.717) is 40.8 Å². The van der Waals surface area contributed by atoms with Gasteiger partial charge in [0.25, 0.3) is 5.91 Å². The van der Waals surface area contributed by atoms with E-state index < -0.39 is 0 Å². The van der Waals surface area contributed by atoms with Gasteiger partial charge in [-0.1, -0.05) is 11.6 Å². The van der Waals surface area contributed by atoms with Gasteiger partial charge in [0.2, 0.25) is 0 Å². The van der Waals surface area contributed by atoms with Crippen LogP contribution >= 0.6 is 24.0 Å². The number of anilines is 2. The summed E-state index contributed by atoms with van der Waals surface area (Å²) in [6, 6.07) is 7.50. The van der Waals surface area contributed by atoms with Gasteiger partial charge < -0.3 is 15.0 Å². The summed E-state index contributed by atoms with van der Waals surface area (Å²) in [4.78, 5) is 23.9. The highest BCUT2D eigenvalue weighted by molar-refractivity contribution is 6.31. The van der Waals surface area contributed by atoms with E-state index in [0.717, 1.165) is 22.3 Å². The fourth-order valence-corrected chi connectivity index (χ4v) is 3.37.